The van der Waals surface area contributed by atoms with Crippen LogP contribution in [0, 0.1) is 11.6 Å². The minimum absolute atomic E-state index is 0.170. The molecular formula is C96H160F2N4S2. The number of aromatic nitrogens is 4. The Morgan fingerprint density at radius 1 is 0.221 bits per heavy atom. The van der Waals surface area contributed by atoms with Gasteiger partial charge in [0.1, 0.15) is 33.7 Å². The highest BCUT2D eigenvalue weighted by Crippen LogP contribution is 2.65. The van der Waals surface area contributed by atoms with E-state index in [9.17, 15) is 0 Å². The second-order valence-electron chi connectivity index (χ2n) is 34.2. The van der Waals surface area contributed by atoms with E-state index < -0.39 is 10.8 Å². The molecule has 0 amide bonds. The predicted molar refractivity (Wildman–Crippen MR) is 456 cm³/mol. The summed E-state index contributed by atoms with van der Waals surface area (Å²) in [5.74, 6) is -0.340. The van der Waals surface area contributed by atoms with Crippen LogP contribution in [-0.2, 0) is 10.8 Å². The van der Waals surface area contributed by atoms with Crippen molar-refractivity contribution in [3.8, 4) is 22.3 Å². The van der Waals surface area contributed by atoms with Gasteiger partial charge in [-0.2, -0.15) is 17.5 Å². The van der Waals surface area contributed by atoms with E-state index in [-0.39, 0.29) is 11.6 Å². The number of fused-ring (bicyclic) bond motifs is 10. The average molecular weight is 1470 g/mol. The Morgan fingerprint density at radius 2 is 0.394 bits per heavy atom. The van der Waals surface area contributed by atoms with Crippen LogP contribution in [0.4, 0.5) is 8.78 Å². The van der Waals surface area contributed by atoms with E-state index in [1.807, 2.05) is 0 Å². The van der Waals surface area contributed by atoms with Gasteiger partial charge in [0.15, 0.2) is 0 Å². The molecule has 2 aliphatic carbocycles. The third kappa shape index (κ3) is 29.8. The molecule has 0 radical (unpaired) electrons. The molecule has 5 aromatic rings. The van der Waals surface area contributed by atoms with Gasteiger partial charge >= 0.3 is 0 Å². The van der Waals surface area contributed by atoms with E-state index in [1.165, 1.54) is 409 Å². The molecule has 0 fully saturated rings. The van der Waals surface area contributed by atoms with Crippen LogP contribution in [-0.4, -0.2) is 17.5 Å². The molecule has 0 saturated heterocycles. The van der Waals surface area contributed by atoms with Gasteiger partial charge in [-0.1, -0.05) is 476 Å². The average Bonchev–Trinajstić information content (AvgIpc) is 1.51. The Bertz CT molecular complexity index is 2670. The van der Waals surface area contributed by atoms with Gasteiger partial charge in [0.2, 0.25) is 0 Å². The zero-order valence-corrected chi connectivity index (χ0v) is 70.2. The van der Waals surface area contributed by atoms with E-state index in [2.05, 4.69) is 52.0 Å². The fourth-order valence-corrected chi connectivity index (χ4v) is 20.3. The molecule has 0 spiro atoms. The highest BCUT2D eigenvalue weighted by atomic mass is 32.1. The Balaban J connectivity index is 1.09. The first-order valence-corrected chi connectivity index (χ1v) is 48.0. The van der Waals surface area contributed by atoms with Crippen LogP contribution in [0.3, 0.4) is 0 Å². The summed E-state index contributed by atoms with van der Waals surface area (Å²) >= 11 is 2.46. The van der Waals surface area contributed by atoms with Gasteiger partial charge in [-0.15, -0.1) is 0 Å². The Hall–Kier alpha value is -2.84. The minimum atomic E-state index is -0.672. The first kappa shape index (κ1) is 88.4. The summed E-state index contributed by atoms with van der Waals surface area (Å²) in [6.45, 7) is 9.24. The Morgan fingerprint density at radius 3 is 0.577 bits per heavy atom. The maximum atomic E-state index is 20.0. The first-order valence-electron chi connectivity index (χ1n) is 46.6. The smallest absolute Gasteiger partial charge is 0.136 e. The Labute approximate surface area is 648 Å². The molecule has 2 aromatic heterocycles. The highest BCUT2D eigenvalue weighted by Gasteiger charge is 2.54. The van der Waals surface area contributed by atoms with Crippen LogP contribution in [0.2, 0.25) is 0 Å². The maximum Gasteiger partial charge on any atom is 0.136 e. The molecule has 104 heavy (non-hydrogen) atoms. The van der Waals surface area contributed by atoms with Gasteiger partial charge in [0.25, 0.3) is 0 Å². The third-order valence-corrected chi connectivity index (χ3v) is 26.6. The van der Waals surface area contributed by atoms with Gasteiger partial charge in [-0.3, -0.25) is 0 Å². The van der Waals surface area contributed by atoms with Crippen molar-refractivity contribution in [2.45, 2.75) is 501 Å². The molecule has 3 aromatic carbocycles. The van der Waals surface area contributed by atoms with Crippen molar-refractivity contribution in [1.29, 1.82) is 0 Å². The molecule has 2 aliphatic rings. The monoisotopic (exact) mass is 1470 g/mol. The summed E-state index contributed by atoms with van der Waals surface area (Å²) < 4.78 is 59.8. The fourth-order valence-electron chi connectivity index (χ4n) is 19.2. The summed E-state index contributed by atoms with van der Waals surface area (Å²) in [4.78, 5) is 0. The molecule has 0 bridgehead atoms. The first-order chi connectivity index (χ1) is 51.5. The van der Waals surface area contributed by atoms with Crippen molar-refractivity contribution in [2.75, 3.05) is 0 Å². The lowest BCUT2D eigenvalue weighted by Gasteiger charge is -2.35. The second kappa shape index (κ2) is 55.5. The van der Waals surface area contributed by atoms with Crippen LogP contribution in [0.1, 0.15) is 512 Å². The molecule has 0 unspecified atom stereocenters. The van der Waals surface area contributed by atoms with Gasteiger partial charge in [0.05, 0.1) is 23.5 Å². The quantitative estimate of drug-likeness (QED) is 0.0364. The number of unbranched alkanes of at least 4 members (excludes halogenated alkanes) is 64. The lowest BCUT2D eigenvalue weighted by molar-refractivity contribution is 0.374. The van der Waals surface area contributed by atoms with Crippen LogP contribution >= 0.6 is 23.5 Å². The molecule has 0 aliphatic heterocycles. The maximum absolute atomic E-state index is 20.0. The van der Waals surface area contributed by atoms with Crippen LogP contribution in [0.25, 0.3) is 44.3 Å². The number of halogens is 2. The molecule has 0 saturated carbocycles. The zero-order valence-electron chi connectivity index (χ0n) is 68.6. The van der Waals surface area contributed by atoms with Gasteiger partial charge in [-0.25, -0.2) is 8.78 Å². The van der Waals surface area contributed by atoms with Crippen molar-refractivity contribution >= 4 is 45.5 Å². The minimum Gasteiger partial charge on any atom is -0.206 e. The standard InChI is InChI=1S/C96H160F2N4S2/c1-5-9-13-17-21-25-29-33-37-41-45-49-53-57-61-65-69-77-95(78-70-66-62-58-54-50-46-42-38-34-30-26-22-18-14-10-6-2)81-73-75-83-93(101-103-99-83)85(81)87-89(95)91(97)88-86-82(74-76-84-94(86)102-104-100-84)96(90(88)92(87)98,79-71-67-63-59-55-51-47-43-39-35-31-27-23-19-15-11-7-3)80-72-68-64-60-56-52-48-44-40-36-32-28-24-20-16-12-8-4/h73-76H,5-72,77-80H2,1-4H3. The Kier molecular flexibility index (Phi) is 47.2. The van der Waals surface area contributed by atoms with E-state index in [0.717, 1.165) is 121 Å². The molecule has 7 rings (SSSR count). The summed E-state index contributed by atoms with van der Waals surface area (Å²) in [7, 11) is 0. The van der Waals surface area contributed by atoms with Crippen molar-refractivity contribution < 1.29 is 8.78 Å². The molecular weight excluding hydrogens is 1310 g/mol. The van der Waals surface area contributed by atoms with Gasteiger partial charge in [0, 0.05) is 44.2 Å². The topological polar surface area (TPSA) is 51.6 Å². The van der Waals surface area contributed by atoms with Crippen molar-refractivity contribution in [3.05, 3.63) is 58.2 Å². The summed E-state index contributed by atoms with van der Waals surface area (Å²) in [6.07, 6.45) is 93.4. The molecule has 590 valence electrons. The second-order valence-corrected chi connectivity index (χ2v) is 35.2. The zero-order chi connectivity index (χ0) is 73.1. The molecule has 8 heteroatoms. The molecule has 2 heterocycles. The van der Waals surface area contributed by atoms with Crippen molar-refractivity contribution in [1.82, 2.24) is 17.5 Å². The molecule has 0 atom stereocenters. The van der Waals surface area contributed by atoms with Gasteiger partial charge < -0.3 is 0 Å². The van der Waals surface area contributed by atoms with E-state index in [1.54, 1.807) is 0 Å². The highest BCUT2D eigenvalue weighted by molar-refractivity contribution is 7.00. The lowest BCUT2D eigenvalue weighted by Crippen LogP contribution is -2.29. The molecule has 4 nitrogen and oxygen atoms in total. The van der Waals surface area contributed by atoms with E-state index >= 15 is 8.78 Å². The number of benzene rings is 3. The van der Waals surface area contributed by atoms with Crippen LogP contribution in [0.15, 0.2) is 24.3 Å². The third-order valence-electron chi connectivity index (χ3n) is 25.6. The number of rotatable bonds is 72. The van der Waals surface area contributed by atoms with Crippen LogP contribution < -0.4 is 0 Å². The summed E-state index contributed by atoms with van der Waals surface area (Å²) in [5, 5.41) is 0. The molecule has 0 N–H and O–H groups in total. The van der Waals surface area contributed by atoms with E-state index in [4.69, 9.17) is 17.5 Å². The predicted octanol–water partition coefficient (Wildman–Crippen LogP) is 34.7. The SMILES string of the molecule is CCCCCCCCCCCCCCCCCCCC1(CCCCCCCCCCCCCCCCCCC)c2ccc3nsnc3c2-c2c(F)c3c(c(F)c21)-c1c(ccc2nsnc12)C3(CCCCCCCCCCCCCCCCCCC)CCCCCCCCCCCCCCCCCCC. The number of nitrogens with zero attached hydrogens (tertiary/aromatic N) is 4. The number of hydrogen-bond donors (Lipinski definition) is 0. The lowest BCUT2D eigenvalue weighted by atomic mass is 9.68. The van der Waals surface area contributed by atoms with Crippen LogP contribution in [0.5, 0.6) is 0 Å². The van der Waals surface area contributed by atoms with E-state index in [0.29, 0.717) is 22.3 Å². The summed E-state index contributed by atoms with van der Waals surface area (Å²) in [5.41, 5.74) is 8.07. The summed E-state index contributed by atoms with van der Waals surface area (Å²) in [6, 6.07) is 8.82. The normalized spacial score (nSPS) is 13.5. The largest absolute Gasteiger partial charge is 0.206 e. The number of hydrogen-bond acceptors (Lipinski definition) is 6. The van der Waals surface area contributed by atoms with Gasteiger partial charge in [-0.05, 0) is 48.9 Å². The van der Waals surface area contributed by atoms with Crippen molar-refractivity contribution in [3.63, 3.8) is 0 Å². The van der Waals surface area contributed by atoms with Crippen molar-refractivity contribution in [2.24, 2.45) is 0 Å². The fraction of sp³-hybridized carbons (Fsp3) is 0.812.